The summed E-state index contributed by atoms with van der Waals surface area (Å²) in [5.41, 5.74) is 2.72. The molecular weight excluding hydrogens is 188 g/mol. The van der Waals surface area contributed by atoms with E-state index in [1.807, 2.05) is 26.0 Å². The number of Topliss-reactive ketones (excluding diaryl/α,β-unsaturated/α-hetero) is 1. The molecule has 0 amide bonds. The lowest BCUT2D eigenvalue weighted by Crippen LogP contribution is -2.04. The molecule has 0 heterocycles. The number of hydrogen-bond donors (Lipinski definition) is 0. The summed E-state index contributed by atoms with van der Waals surface area (Å²) < 4.78 is 5.47. The second kappa shape index (κ2) is 4.78. The van der Waals surface area contributed by atoms with Crippen molar-refractivity contribution in [2.45, 2.75) is 20.8 Å². The zero-order chi connectivity index (χ0) is 11.4. The molecule has 0 radical (unpaired) electrons. The molecule has 0 bridgehead atoms. The van der Waals surface area contributed by atoms with E-state index in [0.29, 0.717) is 17.9 Å². The lowest BCUT2D eigenvalue weighted by Gasteiger charge is -2.11. The fourth-order valence-electron chi connectivity index (χ4n) is 1.64. The predicted octanol–water partition coefficient (Wildman–Crippen LogP) is 3.07. The van der Waals surface area contributed by atoms with Crippen molar-refractivity contribution in [2.75, 3.05) is 6.61 Å². The van der Waals surface area contributed by atoms with Crippen LogP contribution in [-0.4, -0.2) is 12.4 Å². The third kappa shape index (κ3) is 2.69. The molecule has 15 heavy (non-hydrogen) atoms. The summed E-state index contributed by atoms with van der Waals surface area (Å²) in [5, 5.41) is 0. The zero-order valence-corrected chi connectivity index (χ0v) is 9.46. The summed E-state index contributed by atoms with van der Waals surface area (Å²) in [6.45, 7) is 9.46. The van der Waals surface area contributed by atoms with E-state index < -0.39 is 0 Å². The van der Waals surface area contributed by atoms with Crippen molar-refractivity contribution in [1.82, 2.24) is 0 Å². The van der Waals surface area contributed by atoms with Gasteiger partial charge in [0.15, 0.2) is 5.78 Å². The van der Waals surface area contributed by atoms with Crippen LogP contribution in [0.2, 0.25) is 0 Å². The Bertz CT molecular complexity index is 392. The van der Waals surface area contributed by atoms with E-state index in [1.54, 1.807) is 13.0 Å². The van der Waals surface area contributed by atoms with E-state index in [9.17, 15) is 4.79 Å². The summed E-state index contributed by atoms with van der Waals surface area (Å²) in [4.78, 5) is 11.5. The fraction of sp³-hybridized carbons (Fsp3) is 0.308. The highest BCUT2D eigenvalue weighted by atomic mass is 16.5. The predicted molar refractivity (Wildman–Crippen MR) is 61.6 cm³/mol. The Hall–Kier alpha value is -1.57. The van der Waals surface area contributed by atoms with E-state index in [-0.39, 0.29) is 5.78 Å². The van der Waals surface area contributed by atoms with Crippen LogP contribution in [0.1, 0.15) is 28.4 Å². The summed E-state index contributed by atoms with van der Waals surface area (Å²) in [5.74, 6) is 0.687. The number of ketones is 1. The van der Waals surface area contributed by atoms with Gasteiger partial charge in [0.05, 0.1) is 5.56 Å². The number of carbonyl (C=O) groups excluding carboxylic acids is 1. The minimum atomic E-state index is 0.0339. The van der Waals surface area contributed by atoms with Crippen molar-refractivity contribution in [1.29, 1.82) is 0 Å². The van der Waals surface area contributed by atoms with Crippen molar-refractivity contribution in [2.24, 2.45) is 0 Å². The second-order valence-corrected chi connectivity index (χ2v) is 3.61. The molecule has 0 unspecified atom stereocenters. The minimum Gasteiger partial charge on any atom is -0.489 e. The van der Waals surface area contributed by atoms with Crippen LogP contribution < -0.4 is 4.74 Å². The van der Waals surface area contributed by atoms with E-state index >= 15 is 0 Å². The summed E-state index contributed by atoms with van der Waals surface area (Å²) >= 11 is 0. The molecule has 2 nitrogen and oxygen atoms in total. The molecule has 0 N–H and O–H groups in total. The van der Waals surface area contributed by atoms with Gasteiger partial charge in [-0.2, -0.15) is 0 Å². The SMILES string of the molecule is C=CCOc1cc(C)cc(C)c1C(C)=O. The highest BCUT2D eigenvalue weighted by molar-refractivity contribution is 5.98. The molecule has 0 saturated carbocycles. The molecule has 2 heteroatoms. The highest BCUT2D eigenvalue weighted by Crippen LogP contribution is 2.24. The van der Waals surface area contributed by atoms with Crippen molar-refractivity contribution in [3.05, 3.63) is 41.5 Å². The minimum absolute atomic E-state index is 0.0339. The summed E-state index contributed by atoms with van der Waals surface area (Å²) in [6.07, 6.45) is 1.67. The van der Waals surface area contributed by atoms with Gasteiger partial charge < -0.3 is 4.74 Å². The molecule has 1 rings (SSSR count). The van der Waals surface area contributed by atoms with Crippen LogP contribution >= 0.6 is 0 Å². The van der Waals surface area contributed by atoms with Crippen LogP contribution in [0.3, 0.4) is 0 Å². The van der Waals surface area contributed by atoms with Crippen molar-refractivity contribution < 1.29 is 9.53 Å². The van der Waals surface area contributed by atoms with Gasteiger partial charge in [-0.15, -0.1) is 0 Å². The van der Waals surface area contributed by atoms with Gasteiger partial charge in [0.2, 0.25) is 0 Å². The average Bonchev–Trinajstić information content (AvgIpc) is 2.12. The highest BCUT2D eigenvalue weighted by Gasteiger charge is 2.12. The molecule has 0 fully saturated rings. The first-order chi connectivity index (χ1) is 7.06. The number of carbonyl (C=O) groups is 1. The topological polar surface area (TPSA) is 26.3 Å². The van der Waals surface area contributed by atoms with Gasteiger partial charge in [-0.25, -0.2) is 0 Å². The maximum absolute atomic E-state index is 11.5. The first-order valence-electron chi connectivity index (χ1n) is 4.92. The first-order valence-corrected chi connectivity index (χ1v) is 4.92. The van der Waals surface area contributed by atoms with Crippen molar-refractivity contribution in [3.8, 4) is 5.75 Å². The number of ether oxygens (including phenoxy) is 1. The molecular formula is C13H16O2. The van der Waals surface area contributed by atoms with Crippen molar-refractivity contribution in [3.63, 3.8) is 0 Å². The lowest BCUT2D eigenvalue weighted by molar-refractivity contribution is 0.101. The Kier molecular flexibility index (Phi) is 3.67. The Morgan fingerprint density at radius 1 is 1.47 bits per heavy atom. The monoisotopic (exact) mass is 204 g/mol. The van der Waals surface area contributed by atoms with Gasteiger partial charge in [-0.05, 0) is 38.0 Å². The molecule has 0 aromatic heterocycles. The van der Waals surface area contributed by atoms with Gasteiger partial charge in [0.1, 0.15) is 12.4 Å². The molecule has 80 valence electrons. The smallest absolute Gasteiger partial charge is 0.163 e. The van der Waals surface area contributed by atoms with Crippen LogP contribution in [0.25, 0.3) is 0 Å². The average molecular weight is 204 g/mol. The Balaban J connectivity index is 3.20. The maximum atomic E-state index is 11.5. The molecule has 0 aliphatic heterocycles. The Morgan fingerprint density at radius 2 is 2.13 bits per heavy atom. The van der Waals surface area contributed by atoms with Crippen LogP contribution in [0.4, 0.5) is 0 Å². The van der Waals surface area contributed by atoms with Gasteiger partial charge >= 0.3 is 0 Å². The summed E-state index contributed by atoms with van der Waals surface area (Å²) in [6, 6.07) is 3.87. The Morgan fingerprint density at radius 3 is 2.67 bits per heavy atom. The van der Waals surface area contributed by atoms with E-state index in [2.05, 4.69) is 6.58 Å². The van der Waals surface area contributed by atoms with Gasteiger partial charge in [0.25, 0.3) is 0 Å². The van der Waals surface area contributed by atoms with Gasteiger partial charge in [-0.1, -0.05) is 18.7 Å². The first kappa shape index (κ1) is 11.5. The van der Waals surface area contributed by atoms with Crippen molar-refractivity contribution >= 4 is 5.78 Å². The van der Waals surface area contributed by atoms with Gasteiger partial charge in [-0.3, -0.25) is 4.79 Å². The molecule has 1 aromatic carbocycles. The van der Waals surface area contributed by atoms with E-state index in [4.69, 9.17) is 4.74 Å². The van der Waals surface area contributed by atoms with E-state index in [0.717, 1.165) is 11.1 Å². The fourth-order valence-corrected chi connectivity index (χ4v) is 1.64. The maximum Gasteiger partial charge on any atom is 0.163 e. The standard InChI is InChI=1S/C13H16O2/c1-5-6-15-12-8-9(2)7-10(3)13(12)11(4)14/h5,7-8H,1,6H2,2-4H3. The largest absolute Gasteiger partial charge is 0.489 e. The van der Waals surface area contributed by atoms with Crippen LogP contribution in [0.5, 0.6) is 5.75 Å². The van der Waals surface area contributed by atoms with Crippen LogP contribution in [-0.2, 0) is 0 Å². The van der Waals surface area contributed by atoms with E-state index in [1.165, 1.54) is 0 Å². The molecule has 1 aromatic rings. The number of hydrogen-bond acceptors (Lipinski definition) is 2. The van der Waals surface area contributed by atoms with Gasteiger partial charge in [0, 0.05) is 0 Å². The number of rotatable bonds is 4. The summed E-state index contributed by atoms with van der Waals surface area (Å²) in [7, 11) is 0. The normalized spacial score (nSPS) is 9.80. The lowest BCUT2D eigenvalue weighted by atomic mass is 10.0. The third-order valence-electron chi connectivity index (χ3n) is 2.15. The molecule has 0 aliphatic rings. The van der Waals surface area contributed by atoms with Crippen LogP contribution in [0.15, 0.2) is 24.8 Å². The molecule has 0 atom stereocenters. The Labute approximate surface area is 90.6 Å². The third-order valence-corrected chi connectivity index (χ3v) is 2.15. The molecule has 0 saturated heterocycles. The second-order valence-electron chi connectivity index (χ2n) is 3.61. The number of aryl methyl sites for hydroxylation is 2. The zero-order valence-electron chi connectivity index (χ0n) is 9.46. The molecule has 0 aliphatic carbocycles. The quantitative estimate of drug-likeness (QED) is 0.556. The number of benzene rings is 1. The van der Waals surface area contributed by atoms with Crippen LogP contribution in [0, 0.1) is 13.8 Å². The molecule has 0 spiro atoms.